The number of carboxylic acid groups (broad SMARTS) is 1. The van der Waals surface area contributed by atoms with E-state index in [9.17, 15) is 37.5 Å². The lowest BCUT2D eigenvalue weighted by Gasteiger charge is -2.72. The van der Waals surface area contributed by atoms with Crippen molar-refractivity contribution in [1.29, 1.82) is 0 Å². The third-order valence-corrected chi connectivity index (χ3v) is 21.1. The Kier molecular flexibility index (Phi) is 11.5. The number of hydrogen-bond donors (Lipinski definition) is 3. The van der Waals surface area contributed by atoms with E-state index in [-0.39, 0.29) is 80.7 Å². The van der Waals surface area contributed by atoms with Gasteiger partial charge in [0.1, 0.15) is 17.5 Å². The van der Waals surface area contributed by atoms with Crippen LogP contribution in [0.2, 0.25) is 0 Å². The van der Waals surface area contributed by atoms with Gasteiger partial charge in [-0.15, -0.1) is 0 Å². The number of carboxylic acids is 1. The zero-order valence-electron chi connectivity index (χ0n) is 40.7. The maximum absolute atomic E-state index is 14.6. The second-order valence-electron chi connectivity index (χ2n) is 24.1. The topological polar surface area (TPSA) is 189 Å². The summed E-state index contributed by atoms with van der Waals surface area (Å²) in [4.78, 5) is 74.4. The first-order valence-electron chi connectivity index (χ1n) is 24.3. The molecule has 5 saturated carbocycles. The molecule has 6 fully saturated rings. The van der Waals surface area contributed by atoms with Gasteiger partial charge in [0.15, 0.2) is 15.6 Å². The zero-order chi connectivity index (χ0) is 47.7. The van der Waals surface area contributed by atoms with Gasteiger partial charge in [0.2, 0.25) is 5.91 Å². The first-order chi connectivity index (χ1) is 30.0. The minimum absolute atomic E-state index is 0.00413. The van der Waals surface area contributed by atoms with Crippen molar-refractivity contribution in [2.45, 2.75) is 158 Å². The number of ketones is 1. The van der Waals surface area contributed by atoms with Crippen molar-refractivity contribution in [3.8, 4) is 0 Å². The summed E-state index contributed by atoms with van der Waals surface area (Å²) in [6.45, 7) is 24.0. The molecule has 0 spiro atoms. The van der Waals surface area contributed by atoms with Crippen molar-refractivity contribution in [1.82, 2.24) is 15.6 Å². The molecule has 1 aromatic heterocycles. The molecule has 7 aliphatic rings. The van der Waals surface area contributed by atoms with E-state index in [4.69, 9.17) is 4.74 Å². The van der Waals surface area contributed by atoms with Crippen LogP contribution in [0.3, 0.4) is 0 Å². The van der Waals surface area contributed by atoms with Gasteiger partial charge in [0.05, 0.1) is 34.4 Å². The maximum atomic E-state index is 14.6. The largest absolute Gasteiger partial charge is 0.481 e. The fourth-order valence-electron chi connectivity index (χ4n) is 15.3. The summed E-state index contributed by atoms with van der Waals surface area (Å²) in [7, 11) is -3.05. The monoisotopic (exact) mass is 919 g/mol. The number of hydrogen-bond acceptors (Lipinski definition) is 10. The van der Waals surface area contributed by atoms with Crippen molar-refractivity contribution in [2.75, 3.05) is 29.5 Å². The number of aliphatic carboxylic acids is 1. The lowest BCUT2D eigenvalue weighted by molar-refractivity contribution is -0.235. The summed E-state index contributed by atoms with van der Waals surface area (Å²) in [5.41, 5.74) is -1.05. The van der Waals surface area contributed by atoms with Crippen LogP contribution in [0.5, 0.6) is 0 Å². The highest BCUT2D eigenvalue weighted by Gasteiger charge is 2.71. The lowest BCUT2D eigenvalue weighted by atomic mass is 9.33. The third-order valence-electron chi connectivity index (χ3n) is 19.5. The Morgan fingerprint density at radius 2 is 1.54 bits per heavy atom. The second kappa shape index (κ2) is 15.6. The number of fused-ring (bicyclic) bond motifs is 7. The number of Topliss-reactive ketones (excluding diaryl/α,β-unsaturated/α-hetero) is 1. The second-order valence-corrected chi connectivity index (χ2v) is 26.4. The van der Waals surface area contributed by atoms with Gasteiger partial charge in [0, 0.05) is 31.1 Å². The van der Waals surface area contributed by atoms with E-state index >= 15 is 0 Å². The lowest BCUT2D eigenvalue weighted by Crippen LogP contribution is -2.68. The van der Waals surface area contributed by atoms with Gasteiger partial charge in [-0.2, -0.15) is 0 Å². The average Bonchev–Trinajstić information content (AvgIpc) is 3.50. The van der Waals surface area contributed by atoms with Crippen LogP contribution >= 0.6 is 0 Å². The minimum Gasteiger partial charge on any atom is -0.481 e. The maximum Gasteiger partial charge on any atom is 0.309 e. The van der Waals surface area contributed by atoms with Gasteiger partial charge < -0.3 is 25.4 Å². The summed E-state index contributed by atoms with van der Waals surface area (Å²) < 4.78 is 30.3. The van der Waals surface area contributed by atoms with E-state index in [0.717, 1.165) is 56.1 Å². The molecule has 358 valence electrons. The summed E-state index contributed by atoms with van der Waals surface area (Å²) in [6, 6.07) is 3.35. The minimum atomic E-state index is -3.05. The molecule has 3 N–H and O–H groups in total. The molecule has 0 unspecified atom stereocenters. The number of nitrogens with zero attached hydrogens (tertiary/aromatic N) is 2. The van der Waals surface area contributed by atoms with Crippen LogP contribution in [0.25, 0.3) is 0 Å². The first-order valence-corrected chi connectivity index (χ1v) is 26.1. The van der Waals surface area contributed by atoms with E-state index in [0.29, 0.717) is 43.6 Å². The van der Waals surface area contributed by atoms with Crippen LogP contribution in [-0.2, 0) is 33.8 Å². The molecule has 1 saturated heterocycles. The first kappa shape index (κ1) is 47.7. The third kappa shape index (κ3) is 7.38. The SMILES string of the molecule is CC(C)C1=C2[C@H]3CC[C@@H]4[C@@]5(C)CC[C@H](OC(=O)[C@H]6C[C@@H](C(=O)O)C6(C)C)C(C)(C)[C@@H]5CC[C@@]4(C)[C@]3(C)CC[C@@]2(NC(=O)C(C)(C)NC(=O)c2ccc(N3CCS(=O)(=O)CC3)nc2)CC1=O. The van der Waals surface area contributed by atoms with Crippen LogP contribution < -0.4 is 15.5 Å². The van der Waals surface area contributed by atoms with Gasteiger partial charge >= 0.3 is 11.9 Å². The summed E-state index contributed by atoms with van der Waals surface area (Å²) in [5, 5.41) is 16.1. The van der Waals surface area contributed by atoms with Gasteiger partial charge in [0.25, 0.3) is 5.91 Å². The number of sulfone groups is 1. The fraction of sp³-hybridized carbons (Fsp3) is 0.765. The number of ether oxygens (including phenoxy) is 1. The number of anilines is 1. The number of amides is 2. The smallest absolute Gasteiger partial charge is 0.309 e. The molecular formula is C51H74N4O9S. The Bertz CT molecular complexity index is 2310. The molecule has 1 aliphatic heterocycles. The predicted molar refractivity (Wildman–Crippen MR) is 247 cm³/mol. The van der Waals surface area contributed by atoms with Gasteiger partial charge in [-0.1, -0.05) is 62.3 Å². The highest BCUT2D eigenvalue weighted by molar-refractivity contribution is 7.91. The molecule has 1 aromatic rings. The predicted octanol–water partition coefficient (Wildman–Crippen LogP) is 7.33. The Morgan fingerprint density at radius 3 is 2.14 bits per heavy atom. The zero-order valence-corrected chi connectivity index (χ0v) is 41.5. The molecule has 0 radical (unpaired) electrons. The number of allylic oxidation sites excluding steroid dienone is 1. The molecular weight excluding hydrogens is 845 g/mol. The Labute approximate surface area is 386 Å². The summed E-state index contributed by atoms with van der Waals surface area (Å²) in [5.74, 6) is -1.27. The van der Waals surface area contributed by atoms with Crippen molar-refractivity contribution in [3.63, 3.8) is 0 Å². The van der Waals surface area contributed by atoms with Crippen LogP contribution in [0, 0.1) is 62.6 Å². The van der Waals surface area contributed by atoms with E-state index in [1.807, 2.05) is 18.7 Å². The highest BCUT2D eigenvalue weighted by atomic mass is 32.2. The molecule has 13 nitrogen and oxygen atoms in total. The molecule has 0 aromatic carbocycles. The molecule has 10 atom stereocenters. The number of pyridine rings is 1. The number of rotatable bonds is 9. The number of esters is 1. The highest BCUT2D eigenvalue weighted by Crippen LogP contribution is 2.76. The fourth-order valence-corrected chi connectivity index (χ4v) is 16.5. The summed E-state index contributed by atoms with van der Waals surface area (Å²) in [6.07, 6.45) is 8.84. The van der Waals surface area contributed by atoms with E-state index < -0.39 is 50.0 Å². The molecule has 2 heterocycles. The Morgan fingerprint density at radius 1 is 0.862 bits per heavy atom. The molecule has 6 aliphatic carbocycles. The number of carbonyl (C=O) groups excluding carboxylic acids is 4. The summed E-state index contributed by atoms with van der Waals surface area (Å²) >= 11 is 0. The van der Waals surface area contributed by atoms with E-state index in [1.54, 1.807) is 26.0 Å². The van der Waals surface area contributed by atoms with E-state index in [2.05, 4.69) is 64.1 Å². The standard InChI is InChI=1S/C51H74N4O9S/c1-29(2)39-34(56)27-51(54-44(61)47(7,8)53-41(57)30-12-15-38(52-28-30)55-22-24-65(62,63)25-23-55)21-20-49(10)31(40(39)51)13-14-36-48(9)18-17-37(46(5,6)35(48)16-19-50(36,49)11)64-43(60)33-26-32(42(58)59)45(33,3)4/h12,15,28-29,31-33,35-37H,13-14,16-27H2,1-11H3,(H,53,57)(H,54,61)(H,58,59)/t31-,32+,33-,35+,36-,37+,48+,49-,50-,51-/m1/s1. The molecule has 2 amide bonds. The normalized spacial score (nSPS) is 38.0. The van der Waals surface area contributed by atoms with Crippen molar-refractivity contribution >= 4 is 45.2 Å². The van der Waals surface area contributed by atoms with Gasteiger partial charge in [-0.3, -0.25) is 24.0 Å². The molecule has 14 heteroatoms. The quantitative estimate of drug-likeness (QED) is 0.210. The number of carbonyl (C=O) groups is 5. The average molecular weight is 919 g/mol. The Hall–Kier alpha value is -3.81. The molecule has 0 bridgehead atoms. The molecule has 65 heavy (non-hydrogen) atoms. The van der Waals surface area contributed by atoms with Crippen LogP contribution in [-0.4, -0.2) is 89.8 Å². The van der Waals surface area contributed by atoms with Crippen LogP contribution in [0.15, 0.2) is 29.5 Å². The van der Waals surface area contributed by atoms with Crippen LogP contribution in [0.4, 0.5) is 5.82 Å². The number of aromatic nitrogens is 1. The van der Waals surface area contributed by atoms with Crippen LogP contribution in [0.1, 0.15) is 151 Å². The number of nitrogens with one attached hydrogen (secondary N) is 2. The van der Waals surface area contributed by atoms with Crippen molar-refractivity contribution < 1.29 is 42.2 Å². The van der Waals surface area contributed by atoms with Gasteiger partial charge in [-0.05, 0) is 140 Å². The van der Waals surface area contributed by atoms with Crippen molar-refractivity contribution in [3.05, 3.63) is 35.0 Å². The Balaban J connectivity index is 0.995. The molecule has 8 rings (SSSR count). The van der Waals surface area contributed by atoms with E-state index in [1.165, 1.54) is 6.20 Å². The van der Waals surface area contributed by atoms with Gasteiger partial charge in [-0.25, -0.2) is 13.4 Å². The van der Waals surface area contributed by atoms with Crippen molar-refractivity contribution in [2.24, 2.45) is 62.6 Å².